The smallest absolute Gasteiger partial charge is 0.309 e. The number of carbonyl (C=O) groups is 2. The molecular formula is C10H19NO4. The highest BCUT2D eigenvalue weighted by Gasteiger charge is 2.23. The third-order valence-corrected chi connectivity index (χ3v) is 2.20. The van der Waals surface area contributed by atoms with Crippen LogP contribution in [0.3, 0.4) is 0 Å². The highest BCUT2D eigenvalue weighted by Crippen LogP contribution is 2.14. The molecule has 15 heavy (non-hydrogen) atoms. The van der Waals surface area contributed by atoms with E-state index in [2.05, 4.69) is 17.0 Å². The van der Waals surface area contributed by atoms with Crippen molar-refractivity contribution >= 4 is 11.9 Å². The summed E-state index contributed by atoms with van der Waals surface area (Å²) < 4.78 is 4.65. The van der Waals surface area contributed by atoms with Gasteiger partial charge in [0, 0.05) is 19.5 Å². The molecule has 1 saturated heterocycles. The molecule has 0 spiro atoms. The molecule has 0 aromatic heterocycles. The van der Waals surface area contributed by atoms with Gasteiger partial charge in [0.15, 0.2) is 0 Å². The zero-order valence-corrected chi connectivity index (χ0v) is 9.45. The van der Waals surface area contributed by atoms with Crippen LogP contribution in [0, 0.1) is 5.92 Å². The first-order valence-corrected chi connectivity index (χ1v) is 4.98. The number of hydrogen-bond acceptors (Lipinski definition) is 4. The van der Waals surface area contributed by atoms with Crippen molar-refractivity contribution in [3.63, 3.8) is 0 Å². The standard InChI is InChI=1S/C8H15NO2.C2H4O2/c1-6-3-4-7(5-9-6)8(10)11-2;1-2(3)4/h6-7,9H,3-5H2,1-2H3;1H3,(H,3,4). The molecule has 88 valence electrons. The van der Waals surface area contributed by atoms with E-state index in [1.807, 2.05) is 0 Å². The molecule has 0 aliphatic carbocycles. The maximum absolute atomic E-state index is 11.0. The minimum atomic E-state index is -0.833. The Hall–Kier alpha value is -1.10. The Balaban J connectivity index is 0.000000423. The van der Waals surface area contributed by atoms with Gasteiger partial charge < -0.3 is 15.2 Å². The summed E-state index contributed by atoms with van der Waals surface area (Å²) in [6.07, 6.45) is 2.03. The van der Waals surface area contributed by atoms with Gasteiger partial charge in [0.05, 0.1) is 13.0 Å². The summed E-state index contributed by atoms with van der Waals surface area (Å²) in [6, 6.07) is 0.552. The molecule has 1 aliphatic rings. The van der Waals surface area contributed by atoms with Crippen LogP contribution in [0.2, 0.25) is 0 Å². The first-order chi connectivity index (χ1) is 6.97. The fourth-order valence-electron chi connectivity index (χ4n) is 1.37. The van der Waals surface area contributed by atoms with E-state index in [4.69, 9.17) is 9.90 Å². The summed E-state index contributed by atoms with van der Waals surface area (Å²) >= 11 is 0. The Bertz CT molecular complexity index is 205. The molecule has 5 heteroatoms. The molecule has 0 radical (unpaired) electrons. The number of ether oxygens (including phenoxy) is 1. The molecule has 1 heterocycles. The largest absolute Gasteiger partial charge is 0.481 e. The minimum absolute atomic E-state index is 0.0793. The second kappa shape index (κ2) is 7.23. The van der Waals surface area contributed by atoms with Crippen molar-refractivity contribution in [1.29, 1.82) is 0 Å². The van der Waals surface area contributed by atoms with E-state index in [1.165, 1.54) is 7.11 Å². The number of rotatable bonds is 1. The van der Waals surface area contributed by atoms with Gasteiger partial charge in [-0.05, 0) is 19.8 Å². The predicted molar refractivity (Wildman–Crippen MR) is 55.5 cm³/mol. The van der Waals surface area contributed by atoms with Gasteiger partial charge in [0.25, 0.3) is 5.97 Å². The average molecular weight is 217 g/mol. The SMILES string of the molecule is CC(=O)O.COC(=O)C1CCC(C)NC1. The van der Waals surface area contributed by atoms with Crippen molar-refractivity contribution < 1.29 is 19.4 Å². The lowest BCUT2D eigenvalue weighted by molar-refractivity contribution is -0.146. The maximum Gasteiger partial charge on any atom is 0.309 e. The summed E-state index contributed by atoms with van der Waals surface area (Å²) in [5, 5.41) is 10.7. The zero-order valence-electron chi connectivity index (χ0n) is 9.45. The number of nitrogens with one attached hydrogen (secondary N) is 1. The zero-order chi connectivity index (χ0) is 11.8. The number of aliphatic carboxylic acids is 1. The first-order valence-electron chi connectivity index (χ1n) is 4.98. The van der Waals surface area contributed by atoms with Crippen molar-refractivity contribution in [2.24, 2.45) is 5.92 Å². The third-order valence-electron chi connectivity index (χ3n) is 2.20. The number of hydrogen-bond donors (Lipinski definition) is 2. The molecular weight excluding hydrogens is 198 g/mol. The van der Waals surface area contributed by atoms with Crippen molar-refractivity contribution in [1.82, 2.24) is 5.32 Å². The summed E-state index contributed by atoms with van der Waals surface area (Å²) in [6.45, 7) is 3.99. The average Bonchev–Trinajstić information content (AvgIpc) is 2.17. The van der Waals surface area contributed by atoms with Crippen molar-refractivity contribution in [2.45, 2.75) is 32.7 Å². The van der Waals surface area contributed by atoms with Crippen molar-refractivity contribution in [2.75, 3.05) is 13.7 Å². The van der Waals surface area contributed by atoms with Gasteiger partial charge in [-0.25, -0.2) is 0 Å². The maximum atomic E-state index is 11.0. The molecule has 2 unspecified atom stereocenters. The van der Waals surface area contributed by atoms with Crippen molar-refractivity contribution in [3.8, 4) is 0 Å². The lowest BCUT2D eigenvalue weighted by Gasteiger charge is -2.25. The highest BCUT2D eigenvalue weighted by atomic mass is 16.5. The van der Waals surface area contributed by atoms with Crippen LogP contribution in [0.25, 0.3) is 0 Å². The lowest BCUT2D eigenvalue weighted by atomic mass is 9.96. The van der Waals surface area contributed by atoms with E-state index in [1.54, 1.807) is 0 Å². The number of carbonyl (C=O) groups excluding carboxylic acids is 1. The Labute approximate surface area is 89.8 Å². The molecule has 5 nitrogen and oxygen atoms in total. The quantitative estimate of drug-likeness (QED) is 0.630. The summed E-state index contributed by atoms with van der Waals surface area (Å²) in [5.74, 6) is -0.833. The van der Waals surface area contributed by atoms with Crippen LogP contribution < -0.4 is 5.32 Å². The number of esters is 1. The van der Waals surface area contributed by atoms with E-state index in [-0.39, 0.29) is 11.9 Å². The minimum Gasteiger partial charge on any atom is -0.481 e. The Morgan fingerprint density at radius 1 is 1.40 bits per heavy atom. The van der Waals surface area contributed by atoms with Crippen LogP contribution in [0.15, 0.2) is 0 Å². The van der Waals surface area contributed by atoms with Gasteiger partial charge in [-0.2, -0.15) is 0 Å². The molecule has 0 bridgehead atoms. The molecule has 2 atom stereocenters. The summed E-state index contributed by atoms with van der Waals surface area (Å²) in [4.78, 5) is 20.0. The van der Waals surface area contributed by atoms with Crippen LogP contribution in [-0.4, -0.2) is 36.7 Å². The van der Waals surface area contributed by atoms with Crippen LogP contribution in [0.5, 0.6) is 0 Å². The van der Waals surface area contributed by atoms with E-state index in [0.29, 0.717) is 6.04 Å². The summed E-state index contributed by atoms with van der Waals surface area (Å²) in [7, 11) is 1.44. The number of piperidine rings is 1. The monoisotopic (exact) mass is 217 g/mol. The third kappa shape index (κ3) is 6.90. The van der Waals surface area contributed by atoms with Crippen LogP contribution in [0.1, 0.15) is 26.7 Å². The first kappa shape index (κ1) is 13.9. The highest BCUT2D eigenvalue weighted by molar-refractivity contribution is 5.72. The predicted octanol–water partition coefficient (Wildman–Crippen LogP) is 0.638. The lowest BCUT2D eigenvalue weighted by Crippen LogP contribution is -2.40. The Morgan fingerprint density at radius 3 is 2.27 bits per heavy atom. The van der Waals surface area contributed by atoms with Gasteiger partial charge >= 0.3 is 5.97 Å². The van der Waals surface area contributed by atoms with Gasteiger partial charge in [-0.3, -0.25) is 9.59 Å². The van der Waals surface area contributed by atoms with Crippen LogP contribution in [0.4, 0.5) is 0 Å². The molecule has 1 rings (SSSR count). The molecule has 2 N–H and O–H groups in total. The van der Waals surface area contributed by atoms with Gasteiger partial charge in [0.2, 0.25) is 0 Å². The Morgan fingerprint density at radius 2 is 1.93 bits per heavy atom. The Kier molecular flexibility index (Phi) is 6.70. The van der Waals surface area contributed by atoms with E-state index >= 15 is 0 Å². The van der Waals surface area contributed by atoms with E-state index in [9.17, 15) is 4.79 Å². The summed E-state index contributed by atoms with van der Waals surface area (Å²) in [5.41, 5.74) is 0. The fourth-order valence-corrected chi connectivity index (χ4v) is 1.37. The molecule has 0 aromatic rings. The van der Waals surface area contributed by atoms with E-state index in [0.717, 1.165) is 26.3 Å². The molecule has 0 aromatic carbocycles. The number of carboxylic acid groups (broad SMARTS) is 1. The molecule has 1 aliphatic heterocycles. The van der Waals surface area contributed by atoms with Gasteiger partial charge in [-0.1, -0.05) is 0 Å². The normalized spacial score (nSPS) is 24.7. The topological polar surface area (TPSA) is 75.6 Å². The van der Waals surface area contributed by atoms with Crippen molar-refractivity contribution in [3.05, 3.63) is 0 Å². The number of carboxylic acids is 1. The van der Waals surface area contributed by atoms with Gasteiger partial charge in [0.1, 0.15) is 0 Å². The van der Waals surface area contributed by atoms with Crippen LogP contribution in [-0.2, 0) is 14.3 Å². The molecule has 1 fully saturated rings. The number of methoxy groups -OCH3 is 1. The molecule has 0 saturated carbocycles. The second-order valence-electron chi connectivity index (χ2n) is 3.63. The van der Waals surface area contributed by atoms with Gasteiger partial charge in [-0.15, -0.1) is 0 Å². The fraction of sp³-hybridized carbons (Fsp3) is 0.800. The van der Waals surface area contributed by atoms with Crippen LogP contribution >= 0.6 is 0 Å². The second-order valence-corrected chi connectivity index (χ2v) is 3.63. The molecule has 0 amide bonds. The van der Waals surface area contributed by atoms with E-state index < -0.39 is 5.97 Å².